The number of Topliss-reactive ketones (excluding diaryl/α,β-unsaturated/α-hetero) is 1. The van der Waals surface area contributed by atoms with Crippen LogP contribution in [0.2, 0.25) is 0 Å². The monoisotopic (exact) mass is 283 g/mol. The normalized spacial score (nSPS) is 10.8. The number of methoxy groups -OCH3 is 2. The molecule has 0 unspecified atom stereocenters. The van der Waals surface area contributed by atoms with Gasteiger partial charge in [0.2, 0.25) is 5.78 Å². The average Bonchev–Trinajstić information content (AvgIpc) is 3.05. The molecule has 1 heterocycles. The van der Waals surface area contributed by atoms with Gasteiger partial charge in [-0.15, -0.1) is 0 Å². The first-order valence-corrected chi connectivity index (χ1v) is 6.12. The van der Waals surface area contributed by atoms with Crippen LogP contribution >= 0.6 is 0 Å². The molecule has 2 aromatic rings. The number of ketones is 1. The Morgan fingerprint density at radius 3 is 2.62 bits per heavy atom. The number of allylic oxidation sites excluding steroid dienone is 1. The summed E-state index contributed by atoms with van der Waals surface area (Å²) in [5.74, 6) is 0.617. The molecule has 106 valence electrons. The highest BCUT2D eigenvalue weighted by Gasteiger charge is 2.16. The van der Waals surface area contributed by atoms with Crippen molar-refractivity contribution in [2.24, 2.45) is 0 Å². The third kappa shape index (κ3) is 2.95. The summed E-state index contributed by atoms with van der Waals surface area (Å²) in [6.45, 7) is 0. The predicted octanol–water partition coefficient (Wildman–Crippen LogP) is 3.09. The first kappa shape index (κ1) is 14.4. The van der Waals surface area contributed by atoms with E-state index in [-0.39, 0.29) is 11.3 Å². The summed E-state index contributed by atoms with van der Waals surface area (Å²) in [5, 5.41) is 9.19. The van der Waals surface area contributed by atoms with Crippen LogP contribution in [0.1, 0.15) is 16.1 Å². The van der Waals surface area contributed by atoms with E-state index in [2.05, 4.69) is 0 Å². The Morgan fingerprint density at radius 1 is 1.24 bits per heavy atom. The molecule has 0 fully saturated rings. The molecule has 0 saturated heterocycles. The summed E-state index contributed by atoms with van der Waals surface area (Å²) in [7, 11) is 3.01. The lowest BCUT2D eigenvalue weighted by molar-refractivity contribution is 0.101. The minimum absolute atomic E-state index is 0.0449. The summed E-state index contributed by atoms with van der Waals surface area (Å²) in [5.41, 5.74) is 0.532. The van der Waals surface area contributed by atoms with Crippen LogP contribution in [0.15, 0.2) is 46.6 Å². The van der Waals surface area contributed by atoms with Crippen molar-refractivity contribution in [3.63, 3.8) is 0 Å². The zero-order valence-electron chi connectivity index (χ0n) is 11.6. The second-order valence-electron chi connectivity index (χ2n) is 4.06. The van der Waals surface area contributed by atoms with E-state index in [0.717, 1.165) is 0 Å². The predicted molar refractivity (Wildman–Crippen MR) is 76.2 cm³/mol. The molecular formula is C16H13NO4. The third-order valence-corrected chi connectivity index (χ3v) is 2.84. The zero-order valence-corrected chi connectivity index (χ0v) is 11.6. The summed E-state index contributed by atoms with van der Waals surface area (Å²) in [6.07, 6.45) is 2.83. The van der Waals surface area contributed by atoms with Crippen LogP contribution in [-0.2, 0) is 0 Å². The van der Waals surface area contributed by atoms with E-state index in [4.69, 9.17) is 13.9 Å². The number of nitrogens with zero attached hydrogens (tertiary/aromatic N) is 1. The van der Waals surface area contributed by atoms with Crippen molar-refractivity contribution in [3.8, 4) is 17.6 Å². The van der Waals surface area contributed by atoms with E-state index in [1.165, 1.54) is 32.6 Å². The molecule has 0 aliphatic rings. The molecule has 1 aromatic heterocycles. The van der Waals surface area contributed by atoms with Gasteiger partial charge in [0.25, 0.3) is 0 Å². The summed E-state index contributed by atoms with van der Waals surface area (Å²) < 4.78 is 15.5. The van der Waals surface area contributed by atoms with E-state index in [1.54, 1.807) is 24.3 Å². The maximum absolute atomic E-state index is 12.1. The number of para-hydroxylation sites is 1. The standard InChI is InChI=1S/C16H13NO4/c1-19-14-6-3-5-11(16(14)20-2)9-12(10-17)15(18)13-7-4-8-21-13/h3-9H,1-2H3/b12-9+. The molecule has 0 amide bonds. The van der Waals surface area contributed by atoms with Gasteiger partial charge < -0.3 is 13.9 Å². The lowest BCUT2D eigenvalue weighted by Crippen LogP contribution is -2.01. The second kappa shape index (κ2) is 6.44. The molecule has 1 aromatic carbocycles. The molecule has 0 saturated carbocycles. The number of nitriles is 1. The van der Waals surface area contributed by atoms with Gasteiger partial charge in [-0.05, 0) is 24.3 Å². The molecule has 2 rings (SSSR count). The van der Waals surface area contributed by atoms with E-state index in [9.17, 15) is 10.1 Å². The van der Waals surface area contributed by atoms with Crippen molar-refractivity contribution in [3.05, 3.63) is 53.5 Å². The fourth-order valence-electron chi connectivity index (χ4n) is 1.87. The Kier molecular flexibility index (Phi) is 4.42. The molecule has 0 bridgehead atoms. The molecule has 5 heteroatoms. The van der Waals surface area contributed by atoms with Crippen LogP contribution < -0.4 is 9.47 Å². The van der Waals surface area contributed by atoms with Crippen molar-refractivity contribution in [2.45, 2.75) is 0 Å². The highest BCUT2D eigenvalue weighted by atomic mass is 16.5. The first-order valence-electron chi connectivity index (χ1n) is 6.12. The largest absolute Gasteiger partial charge is 0.493 e. The molecule has 0 aliphatic heterocycles. The van der Waals surface area contributed by atoms with Crippen LogP contribution in [0, 0.1) is 11.3 Å². The smallest absolute Gasteiger partial charge is 0.238 e. The van der Waals surface area contributed by atoms with Gasteiger partial charge in [-0.25, -0.2) is 0 Å². The Labute approximate surface area is 122 Å². The van der Waals surface area contributed by atoms with Crippen LogP contribution in [0.25, 0.3) is 6.08 Å². The van der Waals surface area contributed by atoms with Crippen molar-refractivity contribution in [2.75, 3.05) is 14.2 Å². The number of furan rings is 1. The quantitative estimate of drug-likeness (QED) is 0.479. The molecule has 5 nitrogen and oxygen atoms in total. The number of carbonyl (C=O) groups excluding carboxylic acids is 1. The van der Waals surface area contributed by atoms with Crippen molar-refractivity contribution < 1.29 is 18.7 Å². The minimum Gasteiger partial charge on any atom is -0.493 e. The van der Waals surface area contributed by atoms with Crippen molar-refractivity contribution in [1.82, 2.24) is 0 Å². The molecular weight excluding hydrogens is 270 g/mol. The van der Waals surface area contributed by atoms with Gasteiger partial charge >= 0.3 is 0 Å². The second-order valence-corrected chi connectivity index (χ2v) is 4.06. The maximum atomic E-state index is 12.1. The van der Waals surface area contributed by atoms with Crippen LogP contribution in [0.3, 0.4) is 0 Å². The van der Waals surface area contributed by atoms with Gasteiger partial charge in [-0.1, -0.05) is 12.1 Å². The number of rotatable bonds is 5. The minimum atomic E-state index is -0.479. The van der Waals surface area contributed by atoms with Gasteiger partial charge in [0.15, 0.2) is 17.3 Å². The van der Waals surface area contributed by atoms with E-state index < -0.39 is 5.78 Å². The molecule has 0 N–H and O–H groups in total. The van der Waals surface area contributed by atoms with Crippen molar-refractivity contribution >= 4 is 11.9 Å². The number of ether oxygens (including phenoxy) is 2. The summed E-state index contributed by atoms with van der Waals surface area (Å²) in [4.78, 5) is 12.1. The molecule has 21 heavy (non-hydrogen) atoms. The zero-order chi connectivity index (χ0) is 15.2. The molecule has 0 radical (unpaired) electrons. The van der Waals surface area contributed by atoms with Crippen LogP contribution in [0.5, 0.6) is 11.5 Å². The number of hydrogen-bond acceptors (Lipinski definition) is 5. The number of benzene rings is 1. The topological polar surface area (TPSA) is 72.5 Å². The van der Waals surface area contributed by atoms with Gasteiger partial charge in [-0.2, -0.15) is 5.26 Å². The molecule has 0 atom stereocenters. The fourth-order valence-corrected chi connectivity index (χ4v) is 1.87. The Bertz CT molecular complexity index is 708. The summed E-state index contributed by atoms with van der Waals surface area (Å²) in [6, 6.07) is 10.2. The lowest BCUT2D eigenvalue weighted by atomic mass is 10.1. The van der Waals surface area contributed by atoms with Gasteiger partial charge in [0.1, 0.15) is 11.6 Å². The third-order valence-electron chi connectivity index (χ3n) is 2.84. The van der Waals surface area contributed by atoms with E-state index in [0.29, 0.717) is 17.1 Å². The highest BCUT2D eigenvalue weighted by molar-refractivity contribution is 6.12. The number of hydrogen-bond donors (Lipinski definition) is 0. The Balaban J connectivity index is 2.46. The van der Waals surface area contributed by atoms with E-state index in [1.807, 2.05) is 6.07 Å². The maximum Gasteiger partial charge on any atom is 0.238 e. The van der Waals surface area contributed by atoms with Gasteiger partial charge in [0.05, 0.1) is 20.5 Å². The van der Waals surface area contributed by atoms with Crippen LogP contribution in [-0.4, -0.2) is 20.0 Å². The fraction of sp³-hybridized carbons (Fsp3) is 0.125. The number of carbonyl (C=O) groups is 1. The van der Waals surface area contributed by atoms with Crippen molar-refractivity contribution in [1.29, 1.82) is 5.26 Å². The first-order chi connectivity index (χ1) is 10.2. The molecule has 0 spiro atoms. The highest BCUT2D eigenvalue weighted by Crippen LogP contribution is 2.32. The van der Waals surface area contributed by atoms with E-state index >= 15 is 0 Å². The van der Waals surface area contributed by atoms with Crippen LogP contribution in [0.4, 0.5) is 0 Å². The Hall–Kier alpha value is -3.00. The van der Waals surface area contributed by atoms with Gasteiger partial charge in [0, 0.05) is 5.56 Å². The average molecular weight is 283 g/mol. The molecule has 0 aliphatic carbocycles. The SMILES string of the molecule is COc1cccc(/C=C(\C#N)C(=O)c2ccco2)c1OC. The lowest BCUT2D eigenvalue weighted by Gasteiger charge is -2.10. The van der Waals surface area contributed by atoms with Gasteiger partial charge in [-0.3, -0.25) is 4.79 Å². The summed E-state index contributed by atoms with van der Waals surface area (Å²) >= 11 is 0. The Morgan fingerprint density at radius 2 is 2.05 bits per heavy atom.